The van der Waals surface area contributed by atoms with Gasteiger partial charge < -0.3 is 0 Å². The first-order valence-electron chi connectivity index (χ1n) is 9.77. The highest BCUT2D eigenvalue weighted by Crippen LogP contribution is 2.15. The molecule has 0 aliphatic carbocycles. The number of allylic oxidation sites excluding steroid dienone is 5. The number of hydrogen-bond donors (Lipinski definition) is 0. The summed E-state index contributed by atoms with van der Waals surface area (Å²) in [6, 6.07) is 0. The van der Waals surface area contributed by atoms with Crippen LogP contribution in [0.3, 0.4) is 0 Å². The lowest BCUT2D eigenvalue weighted by atomic mass is 10.0. The fraction of sp³-hybridized carbons (Fsp3) is 0.727. The van der Waals surface area contributed by atoms with Crippen molar-refractivity contribution in [3.63, 3.8) is 0 Å². The molecular weight excluding hydrogens is 264 g/mol. The van der Waals surface area contributed by atoms with Crippen LogP contribution in [0.25, 0.3) is 0 Å². The van der Waals surface area contributed by atoms with Crippen molar-refractivity contribution in [3.05, 3.63) is 36.5 Å². The summed E-state index contributed by atoms with van der Waals surface area (Å²) in [7, 11) is 0. The molecule has 0 N–H and O–H groups in total. The second-order valence-electron chi connectivity index (χ2n) is 6.48. The fourth-order valence-electron chi connectivity index (χ4n) is 2.58. The van der Waals surface area contributed by atoms with Crippen molar-refractivity contribution in [1.29, 1.82) is 0 Å². The lowest BCUT2D eigenvalue weighted by Crippen LogP contribution is -1.84. The molecular formula is C22H40. The quantitative estimate of drug-likeness (QED) is 0.199. The van der Waals surface area contributed by atoms with Gasteiger partial charge in [0.2, 0.25) is 0 Å². The van der Waals surface area contributed by atoms with Crippen molar-refractivity contribution in [2.75, 3.05) is 0 Å². The maximum Gasteiger partial charge on any atom is -0.0169 e. The second kappa shape index (κ2) is 18.3. The summed E-state index contributed by atoms with van der Waals surface area (Å²) in [5.74, 6) is 0. The highest BCUT2D eigenvalue weighted by atomic mass is 14.0. The Bertz CT molecular complexity index is 282. The molecule has 0 heteroatoms. The molecule has 0 aromatic carbocycles. The van der Waals surface area contributed by atoms with E-state index in [4.69, 9.17) is 0 Å². The third-order valence-corrected chi connectivity index (χ3v) is 4.11. The van der Waals surface area contributed by atoms with Gasteiger partial charge in [-0.3, -0.25) is 0 Å². The Morgan fingerprint density at radius 3 is 1.73 bits per heavy atom. The summed E-state index contributed by atoms with van der Waals surface area (Å²) in [5.41, 5.74) is 1.47. The van der Waals surface area contributed by atoms with Crippen molar-refractivity contribution in [2.24, 2.45) is 0 Å². The van der Waals surface area contributed by atoms with Crippen LogP contribution in [0.1, 0.15) is 104 Å². The smallest absolute Gasteiger partial charge is 0.0169 e. The van der Waals surface area contributed by atoms with Crippen LogP contribution in [0.4, 0.5) is 0 Å². The van der Waals surface area contributed by atoms with Gasteiger partial charge in [0.15, 0.2) is 0 Å². The van der Waals surface area contributed by atoms with E-state index in [2.05, 4.69) is 44.7 Å². The minimum absolute atomic E-state index is 1.11. The summed E-state index contributed by atoms with van der Waals surface area (Å²) in [6.45, 7) is 8.72. The van der Waals surface area contributed by atoms with Gasteiger partial charge in [0, 0.05) is 0 Å². The molecule has 128 valence electrons. The van der Waals surface area contributed by atoms with Crippen LogP contribution in [0, 0.1) is 0 Å². The van der Waals surface area contributed by atoms with Crippen LogP contribution >= 0.6 is 0 Å². The lowest BCUT2D eigenvalue weighted by molar-refractivity contribution is 0.648. The van der Waals surface area contributed by atoms with E-state index in [0.29, 0.717) is 0 Å². The van der Waals surface area contributed by atoms with Crippen molar-refractivity contribution in [3.8, 4) is 0 Å². The average Bonchev–Trinajstić information content (AvgIpc) is 2.52. The summed E-state index contributed by atoms with van der Waals surface area (Å²) < 4.78 is 0. The van der Waals surface area contributed by atoms with Crippen LogP contribution < -0.4 is 0 Å². The van der Waals surface area contributed by atoms with Crippen LogP contribution in [0.15, 0.2) is 36.5 Å². The molecule has 0 heterocycles. The highest BCUT2D eigenvalue weighted by molar-refractivity contribution is 4.94. The lowest BCUT2D eigenvalue weighted by Gasteiger charge is -2.04. The molecule has 0 spiro atoms. The van der Waals surface area contributed by atoms with E-state index in [1.54, 1.807) is 0 Å². The molecule has 0 aliphatic rings. The molecule has 0 saturated heterocycles. The van der Waals surface area contributed by atoms with E-state index in [1.807, 2.05) is 0 Å². The van der Waals surface area contributed by atoms with Gasteiger partial charge >= 0.3 is 0 Å². The third-order valence-electron chi connectivity index (χ3n) is 4.11. The van der Waals surface area contributed by atoms with Gasteiger partial charge in [-0.15, -0.1) is 0 Å². The van der Waals surface area contributed by atoms with Crippen molar-refractivity contribution in [1.82, 2.24) is 0 Å². The largest absolute Gasteiger partial charge is 0.0999 e. The first-order chi connectivity index (χ1) is 10.8. The first-order valence-corrected chi connectivity index (χ1v) is 9.77. The van der Waals surface area contributed by atoms with Crippen molar-refractivity contribution < 1.29 is 0 Å². The monoisotopic (exact) mass is 304 g/mol. The number of unbranched alkanes of at least 4 members (excludes halogenated alkanes) is 8. The van der Waals surface area contributed by atoms with Gasteiger partial charge in [-0.25, -0.2) is 0 Å². The Hall–Kier alpha value is -0.780. The SMILES string of the molecule is C=C(CCCCC)CCCCC/C=C\C/C=C\CCCCC. The summed E-state index contributed by atoms with van der Waals surface area (Å²) in [5, 5.41) is 0. The molecule has 0 unspecified atom stereocenters. The fourth-order valence-corrected chi connectivity index (χ4v) is 2.58. The van der Waals surface area contributed by atoms with E-state index in [-0.39, 0.29) is 0 Å². The molecule has 0 aromatic heterocycles. The zero-order chi connectivity index (χ0) is 16.3. The highest BCUT2D eigenvalue weighted by Gasteiger charge is 1.95. The van der Waals surface area contributed by atoms with Gasteiger partial charge in [-0.05, 0) is 57.8 Å². The Morgan fingerprint density at radius 2 is 1.14 bits per heavy atom. The molecule has 0 saturated carbocycles. The summed E-state index contributed by atoms with van der Waals surface area (Å²) in [6.07, 6.45) is 27.5. The molecule has 0 fully saturated rings. The maximum atomic E-state index is 4.20. The molecule has 0 nitrogen and oxygen atoms in total. The predicted molar refractivity (Wildman–Crippen MR) is 103 cm³/mol. The molecule has 0 rings (SSSR count). The van der Waals surface area contributed by atoms with E-state index in [9.17, 15) is 0 Å². The summed E-state index contributed by atoms with van der Waals surface area (Å²) >= 11 is 0. The second-order valence-corrected chi connectivity index (χ2v) is 6.48. The predicted octanol–water partition coefficient (Wildman–Crippen LogP) is 8.16. The van der Waals surface area contributed by atoms with Crippen LogP contribution in [-0.4, -0.2) is 0 Å². The third kappa shape index (κ3) is 17.3. The molecule has 0 aromatic rings. The Morgan fingerprint density at radius 1 is 0.636 bits per heavy atom. The molecule has 22 heavy (non-hydrogen) atoms. The van der Waals surface area contributed by atoms with Crippen molar-refractivity contribution >= 4 is 0 Å². The topological polar surface area (TPSA) is 0 Å². The van der Waals surface area contributed by atoms with Crippen LogP contribution in [-0.2, 0) is 0 Å². The Labute approximate surface area is 140 Å². The molecule has 0 aliphatic heterocycles. The number of rotatable bonds is 16. The van der Waals surface area contributed by atoms with E-state index < -0.39 is 0 Å². The molecule has 0 radical (unpaired) electrons. The zero-order valence-electron chi connectivity index (χ0n) is 15.4. The summed E-state index contributed by atoms with van der Waals surface area (Å²) in [4.78, 5) is 0. The van der Waals surface area contributed by atoms with Crippen molar-refractivity contribution in [2.45, 2.75) is 104 Å². The van der Waals surface area contributed by atoms with Gasteiger partial charge in [0.25, 0.3) is 0 Å². The van der Waals surface area contributed by atoms with E-state index in [1.165, 1.54) is 89.0 Å². The minimum atomic E-state index is 1.11. The first kappa shape index (κ1) is 21.2. The van der Waals surface area contributed by atoms with Gasteiger partial charge in [-0.1, -0.05) is 82.4 Å². The van der Waals surface area contributed by atoms with E-state index >= 15 is 0 Å². The molecule has 0 atom stereocenters. The zero-order valence-corrected chi connectivity index (χ0v) is 15.4. The maximum absolute atomic E-state index is 4.20. The van der Waals surface area contributed by atoms with Gasteiger partial charge in [0.05, 0.1) is 0 Å². The van der Waals surface area contributed by atoms with Gasteiger partial charge in [-0.2, -0.15) is 0 Å². The van der Waals surface area contributed by atoms with E-state index in [0.717, 1.165) is 6.42 Å². The normalized spacial score (nSPS) is 11.7. The van der Waals surface area contributed by atoms with Gasteiger partial charge in [0.1, 0.15) is 0 Å². The Kier molecular flexibility index (Phi) is 17.6. The standard InChI is InChI=1S/C22H40/c1-4-6-8-9-10-11-12-13-14-15-16-17-19-21-22(3)20-18-7-5-2/h10-11,13-14H,3-9,12,15-21H2,1-2H3/b11-10-,14-13-. The molecule has 0 bridgehead atoms. The Balaban J connectivity index is 3.28. The van der Waals surface area contributed by atoms with Crippen LogP contribution in [0.2, 0.25) is 0 Å². The minimum Gasteiger partial charge on any atom is -0.0999 e. The average molecular weight is 305 g/mol. The van der Waals surface area contributed by atoms with Crippen LogP contribution in [0.5, 0.6) is 0 Å². The molecule has 0 amide bonds. The number of hydrogen-bond acceptors (Lipinski definition) is 0.